The van der Waals surface area contributed by atoms with E-state index in [0.717, 1.165) is 0 Å². The van der Waals surface area contributed by atoms with Crippen molar-refractivity contribution >= 4 is 22.4 Å². The summed E-state index contributed by atoms with van der Waals surface area (Å²) in [6, 6.07) is 7.33. The van der Waals surface area contributed by atoms with Gasteiger partial charge in [0.1, 0.15) is 22.9 Å². The van der Waals surface area contributed by atoms with Crippen molar-refractivity contribution in [2.45, 2.75) is 4.90 Å². The number of benzene rings is 2. The molecule has 1 amide bonds. The number of anilines is 1. The van der Waals surface area contributed by atoms with Crippen molar-refractivity contribution in [3.05, 3.63) is 53.6 Å². The Labute approximate surface area is 121 Å². The van der Waals surface area contributed by atoms with E-state index in [-0.39, 0.29) is 5.69 Å². The largest absolute Gasteiger partial charge is 0.507 e. The van der Waals surface area contributed by atoms with Crippen LogP contribution in [0.2, 0.25) is 0 Å². The molecule has 2 aromatic carbocycles. The molecule has 0 aliphatic rings. The summed E-state index contributed by atoms with van der Waals surface area (Å²) >= 11 is 0. The Bertz CT molecular complexity index is 711. The number of rotatable bonds is 3. The number of phenols is 1. The molecular weight excluding hydrogens is 300 g/mol. The van der Waals surface area contributed by atoms with Gasteiger partial charge in [-0.15, -0.1) is 0 Å². The number of carbonyl (C=O) groups excluding carboxylic acids is 1. The van der Waals surface area contributed by atoms with E-state index in [2.05, 4.69) is 5.32 Å². The van der Waals surface area contributed by atoms with E-state index in [4.69, 9.17) is 0 Å². The third kappa shape index (κ3) is 3.43. The zero-order chi connectivity index (χ0) is 15.6. The van der Waals surface area contributed by atoms with Crippen molar-refractivity contribution in [3.63, 3.8) is 0 Å². The molecule has 21 heavy (non-hydrogen) atoms. The van der Waals surface area contributed by atoms with Gasteiger partial charge in [-0.05, 0) is 18.2 Å². The monoisotopic (exact) mass is 311 g/mol. The van der Waals surface area contributed by atoms with E-state index in [9.17, 15) is 22.9 Å². The van der Waals surface area contributed by atoms with E-state index in [1.807, 2.05) is 0 Å². The molecule has 110 valence electrons. The van der Waals surface area contributed by atoms with Crippen LogP contribution in [0.25, 0.3) is 0 Å². The summed E-state index contributed by atoms with van der Waals surface area (Å²) in [7, 11) is -1.23. The van der Waals surface area contributed by atoms with Gasteiger partial charge >= 0.3 is 0 Å². The maximum Gasteiger partial charge on any atom is 0.262 e. The fourth-order valence-corrected chi connectivity index (χ4v) is 2.29. The van der Waals surface area contributed by atoms with Gasteiger partial charge in [-0.1, -0.05) is 6.07 Å². The Kier molecular flexibility index (Phi) is 4.32. The first-order valence-corrected chi connectivity index (χ1v) is 7.37. The van der Waals surface area contributed by atoms with Crippen LogP contribution < -0.4 is 5.32 Å². The van der Waals surface area contributed by atoms with E-state index in [0.29, 0.717) is 17.0 Å². The topological polar surface area (TPSA) is 66.4 Å². The van der Waals surface area contributed by atoms with Gasteiger partial charge in [0.25, 0.3) is 5.91 Å². The highest BCUT2D eigenvalue weighted by Gasteiger charge is 2.18. The Morgan fingerprint density at radius 1 is 1.24 bits per heavy atom. The number of hydrogen-bond donors (Lipinski definition) is 2. The molecule has 0 saturated heterocycles. The molecule has 0 bridgehead atoms. The molecule has 0 unspecified atom stereocenters. The number of aromatic hydroxyl groups is 1. The van der Waals surface area contributed by atoms with Crippen LogP contribution in [0.1, 0.15) is 10.4 Å². The summed E-state index contributed by atoms with van der Waals surface area (Å²) in [5.74, 6) is -3.87. The van der Waals surface area contributed by atoms with Crippen LogP contribution in [0.4, 0.5) is 14.5 Å². The first kappa shape index (κ1) is 15.1. The smallest absolute Gasteiger partial charge is 0.262 e. The van der Waals surface area contributed by atoms with Crippen molar-refractivity contribution in [1.29, 1.82) is 0 Å². The fourth-order valence-electron chi connectivity index (χ4n) is 1.73. The summed E-state index contributed by atoms with van der Waals surface area (Å²) in [4.78, 5) is 12.4. The van der Waals surface area contributed by atoms with Crippen molar-refractivity contribution in [3.8, 4) is 5.75 Å². The minimum atomic E-state index is -1.23. The minimum Gasteiger partial charge on any atom is -0.507 e. The normalized spacial score (nSPS) is 12.0. The second-order valence-electron chi connectivity index (χ2n) is 4.22. The molecule has 7 heteroatoms. The maximum atomic E-state index is 13.6. The molecule has 0 aliphatic heterocycles. The quantitative estimate of drug-likeness (QED) is 0.916. The average Bonchev–Trinajstić information content (AvgIpc) is 2.37. The lowest BCUT2D eigenvalue weighted by Crippen LogP contribution is -2.14. The van der Waals surface area contributed by atoms with Gasteiger partial charge in [-0.3, -0.25) is 9.00 Å². The van der Waals surface area contributed by atoms with Gasteiger partial charge in [0.05, 0.1) is 0 Å². The lowest BCUT2D eigenvalue weighted by atomic mass is 10.1. The first-order chi connectivity index (χ1) is 9.88. The highest BCUT2D eigenvalue weighted by molar-refractivity contribution is 7.84. The summed E-state index contributed by atoms with van der Waals surface area (Å²) in [5, 5.41) is 11.8. The molecule has 0 heterocycles. The number of halogens is 2. The third-order valence-electron chi connectivity index (χ3n) is 2.69. The van der Waals surface area contributed by atoms with Gasteiger partial charge in [0, 0.05) is 39.8 Å². The van der Waals surface area contributed by atoms with Gasteiger partial charge < -0.3 is 10.4 Å². The van der Waals surface area contributed by atoms with Crippen LogP contribution in [0.5, 0.6) is 5.75 Å². The number of nitrogens with one attached hydrogen (secondary N) is 1. The standard InChI is InChI=1S/C14H11F2NO3S/c1-21(20)10-4-2-3-9(7-10)17-14(19)13-11(16)5-8(15)6-12(13)18/h2-7,18H,1H3,(H,17,19)/t21-/m0/s1. The van der Waals surface area contributed by atoms with Crippen molar-refractivity contribution < 1.29 is 22.9 Å². The highest BCUT2D eigenvalue weighted by Crippen LogP contribution is 2.23. The molecule has 0 aliphatic carbocycles. The number of phenolic OH excluding ortho intramolecular Hbond substituents is 1. The van der Waals surface area contributed by atoms with Gasteiger partial charge in [0.2, 0.25) is 0 Å². The predicted molar refractivity (Wildman–Crippen MR) is 74.8 cm³/mol. The Morgan fingerprint density at radius 3 is 2.57 bits per heavy atom. The number of carbonyl (C=O) groups is 1. The van der Waals surface area contributed by atoms with E-state index in [1.165, 1.54) is 18.4 Å². The molecule has 0 radical (unpaired) electrons. The lowest BCUT2D eigenvalue weighted by molar-refractivity contribution is 0.102. The van der Waals surface area contributed by atoms with Gasteiger partial charge in [-0.25, -0.2) is 8.78 Å². The third-order valence-corrected chi connectivity index (χ3v) is 3.60. The molecule has 0 saturated carbocycles. The Balaban J connectivity index is 2.30. The van der Waals surface area contributed by atoms with Crippen LogP contribution >= 0.6 is 0 Å². The van der Waals surface area contributed by atoms with Crippen LogP contribution in [0.15, 0.2) is 41.3 Å². The highest BCUT2D eigenvalue weighted by atomic mass is 32.2. The average molecular weight is 311 g/mol. The Hall–Kier alpha value is -2.28. The number of hydrogen-bond acceptors (Lipinski definition) is 3. The summed E-state index contributed by atoms with van der Waals surface area (Å²) < 4.78 is 37.8. The van der Waals surface area contributed by atoms with Crippen molar-refractivity contribution in [2.75, 3.05) is 11.6 Å². The van der Waals surface area contributed by atoms with Crippen LogP contribution in [-0.4, -0.2) is 21.5 Å². The van der Waals surface area contributed by atoms with Crippen LogP contribution in [-0.2, 0) is 10.8 Å². The molecule has 2 aromatic rings. The molecule has 4 nitrogen and oxygen atoms in total. The second kappa shape index (κ2) is 6.01. The van der Waals surface area contributed by atoms with Gasteiger partial charge in [0.15, 0.2) is 0 Å². The molecule has 2 rings (SSSR count). The number of amides is 1. The molecule has 1 atom stereocenters. The molecule has 0 spiro atoms. The first-order valence-electron chi connectivity index (χ1n) is 5.81. The van der Waals surface area contributed by atoms with E-state index >= 15 is 0 Å². The predicted octanol–water partition coefficient (Wildman–Crippen LogP) is 2.66. The summed E-state index contributed by atoms with van der Waals surface area (Å²) in [6.07, 6.45) is 1.48. The van der Waals surface area contributed by atoms with Crippen molar-refractivity contribution in [2.24, 2.45) is 0 Å². The van der Waals surface area contributed by atoms with Gasteiger partial charge in [-0.2, -0.15) is 0 Å². The van der Waals surface area contributed by atoms with Crippen molar-refractivity contribution in [1.82, 2.24) is 0 Å². The second-order valence-corrected chi connectivity index (χ2v) is 5.60. The summed E-state index contributed by atoms with van der Waals surface area (Å²) in [5.41, 5.74) is -0.366. The van der Waals surface area contributed by atoms with E-state index in [1.54, 1.807) is 12.1 Å². The van der Waals surface area contributed by atoms with Crippen LogP contribution in [0.3, 0.4) is 0 Å². The summed E-state index contributed by atoms with van der Waals surface area (Å²) in [6.45, 7) is 0. The van der Waals surface area contributed by atoms with Crippen LogP contribution in [0, 0.1) is 11.6 Å². The molecular formula is C14H11F2NO3S. The SMILES string of the molecule is C[S@](=O)c1cccc(NC(=O)c2c(O)cc(F)cc2F)c1. The lowest BCUT2D eigenvalue weighted by Gasteiger charge is -2.09. The Morgan fingerprint density at radius 2 is 1.95 bits per heavy atom. The zero-order valence-corrected chi connectivity index (χ0v) is 11.7. The fraction of sp³-hybridized carbons (Fsp3) is 0.0714. The molecule has 0 aromatic heterocycles. The minimum absolute atomic E-state index is 0.288. The zero-order valence-electron chi connectivity index (χ0n) is 10.9. The van der Waals surface area contributed by atoms with E-state index < -0.39 is 39.7 Å². The molecule has 0 fully saturated rings. The molecule has 2 N–H and O–H groups in total. The maximum absolute atomic E-state index is 13.6.